The predicted octanol–water partition coefficient (Wildman–Crippen LogP) is 4.16. The van der Waals surface area contributed by atoms with E-state index >= 15 is 0 Å². The lowest BCUT2D eigenvalue weighted by atomic mass is 10.1. The van der Waals surface area contributed by atoms with E-state index in [9.17, 15) is 9.59 Å². The number of carbonyl (C=O) groups excluding carboxylic acids is 1. The van der Waals surface area contributed by atoms with E-state index in [1.54, 1.807) is 28.7 Å². The lowest BCUT2D eigenvalue weighted by molar-refractivity contribution is -0.112. The van der Waals surface area contributed by atoms with Crippen LogP contribution in [0.2, 0.25) is 0 Å². The molecule has 0 N–H and O–H groups in total. The third-order valence-electron chi connectivity index (χ3n) is 5.72. The number of para-hydroxylation sites is 2. The summed E-state index contributed by atoms with van der Waals surface area (Å²) >= 11 is 0. The van der Waals surface area contributed by atoms with Crippen LogP contribution in [0.15, 0.2) is 83.7 Å². The lowest BCUT2D eigenvalue weighted by Gasteiger charge is -2.12. The van der Waals surface area contributed by atoms with Crippen LogP contribution in [0.1, 0.15) is 17.0 Å². The minimum Gasteiger partial charge on any atom is -0.311 e. The van der Waals surface area contributed by atoms with Crippen molar-refractivity contribution < 1.29 is 4.79 Å². The molecule has 0 spiro atoms. The average Bonchev–Trinajstić information content (AvgIpc) is 3.04. The molecule has 0 bridgehead atoms. The second-order valence-corrected chi connectivity index (χ2v) is 7.62. The molecule has 0 atom stereocenters. The Bertz CT molecular complexity index is 1390. The molecule has 5 heteroatoms. The van der Waals surface area contributed by atoms with Crippen LogP contribution in [0, 0.1) is 0 Å². The van der Waals surface area contributed by atoms with Crippen molar-refractivity contribution in [3.63, 3.8) is 0 Å². The van der Waals surface area contributed by atoms with Gasteiger partial charge in [-0.05, 0) is 36.3 Å². The highest BCUT2D eigenvalue weighted by Crippen LogP contribution is 2.36. The summed E-state index contributed by atoms with van der Waals surface area (Å²) in [5.74, 6) is 0.395. The predicted molar refractivity (Wildman–Crippen MR) is 124 cm³/mol. The zero-order valence-electron chi connectivity index (χ0n) is 17.2. The maximum absolute atomic E-state index is 13.3. The fourth-order valence-corrected chi connectivity index (χ4v) is 4.06. The summed E-state index contributed by atoms with van der Waals surface area (Å²) in [5, 5.41) is 0.577. The Morgan fingerprint density at radius 3 is 2.42 bits per heavy atom. The van der Waals surface area contributed by atoms with Gasteiger partial charge in [0.15, 0.2) is 0 Å². The molecule has 0 unspecified atom stereocenters. The maximum Gasteiger partial charge on any atom is 0.261 e. The van der Waals surface area contributed by atoms with Gasteiger partial charge in [0.05, 0.1) is 22.2 Å². The number of nitrogens with zero attached hydrogens (tertiary/aromatic N) is 3. The fraction of sp³-hybridized carbons (Fsp3) is 0.115. The quantitative estimate of drug-likeness (QED) is 0.478. The normalized spacial score (nSPS) is 14.4. The van der Waals surface area contributed by atoms with E-state index in [-0.39, 0.29) is 11.5 Å². The van der Waals surface area contributed by atoms with Crippen LogP contribution in [0.5, 0.6) is 0 Å². The molecule has 2 heterocycles. The molecule has 5 rings (SSSR count). The first kappa shape index (κ1) is 19.0. The van der Waals surface area contributed by atoms with Crippen LogP contribution in [0.25, 0.3) is 22.6 Å². The third-order valence-corrected chi connectivity index (χ3v) is 5.72. The highest BCUT2D eigenvalue weighted by molar-refractivity contribution is 6.35. The molecule has 0 radical (unpaired) electrons. The molecule has 152 valence electrons. The van der Waals surface area contributed by atoms with Gasteiger partial charge in [-0.15, -0.1) is 0 Å². The van der Waals surface area contributed by atoms with Crippen molar-refractivity contribution in [2.45, 2.75) is 13.0 Å². The van der Waals surface area contributed by atoms with E-state index in [4.69, 9.17) is 4.98 Å². The Kier molecular flexibility index (Phi) is 4.71. The molecule has 1 aliphatic rings. The van der Waals surface area contributed by atoms with E-state index < -0.39 is 0 Å². The number of hydrogen-bond acceptors (Lipinski definition) is 3. The number of carbonyl (C=O) groups is 1. The largest absolute Gasteiger partial charge is 0.311 e. The third kappa shape index (κ3) is 3.34. The first-order valence-electron chi connectivity index (χ1n) is 10.3. The van der Waals surface area contributed by atoms with Gasteiger partial charge in [0.1, 0.15) is 5.82 Å². The van der Waals surface area contributed by atoms with E-state index in [0.29, 0.717) is 35.3 Å². The second-order valence-electron chi connectivity index (χ2n) is 7.62. The summed E-state index contributed by atoms with van der Waals surface area (Å²) in [4.78, 5) is 32.7. The summed E-state index contributed by atoms with van der Waals surface area (Å²) in [6.45, 7) is 0.478. The zero-order valence-corrected chi connectivity index (χ0v) is 17.2. The van der Waals surface area contributed by atoms with Gasteiger partial charge < -0.3 is 4.90 Å². The topological polar surface area (TPSA) is 55.2 Å². The number of hydrogen-bond donors (Lipinski definition) is 0. The van der Waals surface area contributed by atoms with E-state index in [1.807, 2.05) is 72.8 Å². The molecule has 0 aliphatic carbocycles. The Morgan fingerprint density at radius 1 is 0.871 bits per heavy atom. The lowest BCUT2D eigenvalue weighted by Crippen LogP contribution is -2.25. The van der Waals surface area contributed by atoms with Gasteiger partial charge >= 0.3 is 0 Å². The number of aryl methyl sites for hydroxylation is 1. The second kappa shape index (κ2) is 7.69. The van der Waals surface area contributed by atoms with Crippen molar-refractivity contribution in [1.82, 2.24) is 9.55 Å². The molecule has 31 heavy (non-hydrogen) atoms. The van der Waals surface area contributed by atoms with Crippen LogP contribution in [-0.2, 0) is 17.8 Å². The van der Waals surface area contributed by atoms with Gasteiger partial charge in [-0.1, -0.05) is 60.7 Å². The van der Waals surface area contributed by atoms with Gasteiger partial charge in [0.25, 0.3) is 11.5 Å². The van der Waals surface area contributed by atoms with Crippen LogP contribution in [0.4, 0.5) is 5.69 Å². The van der Waals surface area contributed by atoms with Gasteiger partial charge in [-0.2, -0.15) is 0 Å². The van der Waals surface area contributed by atoms with Gasteiger partial charge in [0, 0.05) is 19.2 Å². The highest BCUT2D eigenvalue weighted by Gasteiger charge is 2.29. The summed E-state index contributed by atoms with van der Waals surface area (Å²) in [7, 11) is 1.76. The molecule has 0 saturated carbocycles. The standard InChI is InChI=1S/C26H21N3O2/c1-28-23-14-8-6-11-19(23)21(25(28)30)17-24-27-22-13-7-5-12-20(22)26(31)29(24)16-15-18-9-3-2-4-10-18/h2-14,17H,15-16H2,1H3. The molecule has 5 nitrogen and oxygen atoms in total. The van der Waals surface area contributed by atoms with Crippen LogP contribution in [-0.4, -0.2) is 22.5 Å². The number of anilines is 1. The minimum absolute atomic E-state index is 0.0968. The van der Waals surface area contributed by atoms with E-state index in [2.05, 4.69) is 0 Å². The fourth-order valence-electron chi connectivity index (χ4n) is 4.06. The van der Waals surface area contributed by atoms with Crippen molar-refractivity contribution in [3.8, 4) is 0 Å². The summed E-state index contributed by atoms with van der Waals surface area (Å²) in [5.41, 5.74) is 3.93. The number of aromatic nitrogens is 2. The van der Waals surface area contributed by atoms with Crippen LogP contribution < -0.4 is 10.5 Å². The summed E-state index contributed by atoms with van der Waals surface area (Å²) in [6, 6.07) is 25.1. The van der Waals surface area contributed by atoms with E-state index in [0.717, 1.165) is 16.8 Å². The van der Waals surface area contributed by atoms with Crippen LogP contribution >= 0.6 is 0 Å². The Hall–Kier alpha value is -3.99. The molecule has 0 saturated heterocycles. The van der Waals surface area contributed by atoms with Crippen molar-refractivity contribution in [3.05, 3.63) is 106 Å². The monoisotopic (exact) mass is 407 g/mol. The average molecular weight is 407 g/mol. The maximum atomic E-state index is 13.3. The smallest absolute Gasteiger partial charge is 0.261 e. The number of benzene rings is 3. The molecule has 0 fully saturated rings. The Balaban J connectivity index is 1.66. The first-order valence-corrected chi connectivity index (χ1v) is 10.3. The molecule has 3 aromatic carbocycles. The molecule has 1 amide bonds. The van der Waals surface area contributed by atoms with Crippen molar-refractivity contribution in [2.75, 3.05) is 11.9 Å². The molecular weight excluding hydrogens is 386 g/mol. The Labute approximate surface area is 179 Å². The van der Waals surface area contributed by atoms with E-state index in [1.165, 1.54) is 0 Å². The van der Waals surface area contributed by atoms with Crippen LogP contribution in [0.3, 0.4) is 0 Å². The van der Waals surface area contributed by atoms with Gasteiger partial charge in [-0.25, -0.2) is 4.98 Å². The van der Waals surface area contributed by atoms with Gasteiger partial charge in [-0.3, -0.25) is 14.2 Å². The van der Waals surface area contributed by atoms with Crippen molar-refractivity contribution >= 4 is 34.1 Å². The number of likely N-dealkylation sites (N-methyl/N-ethyl adjacent to an activating group) is 1. The molecule has 4 aromatic rings. The minimum atomic E-state index is -0.0989. The van der Waals surface area contributed by atoms with Crippen molar-refractivity contribution in [2.24, 2.45) is 0 Å². The first-order chi connectivity index (χ1) is 15.1. The number of amides is 1. The summed E-state index contributed by atoms with van der Waals surface area (Å²) in [6.07, 6.45) is 2.45. The summed E-state index contributed by atoms with van der Waals surface area (Å²) < 4.78 is 1.68. The van der Waals surface area contributed by atoms with Gasteiger partial charge in [0.2, 0.25) is 0 Å². The Morgan fingerprint density at radius 2 is 1.58 bits per heavy atom. The number of rotatable bonds is 4. The number of fused-ring (bicyclic) bond motifs is 2. The van der Waals surface area contributed by atoms with Crippen molar-refractivity contribution in [1.29, 1.82) is 0 Å². The molecule has 1 aliphatic heterocycles. The molecular formula is C26H21N3O2. The SMILES string of the molecule is CN1C(=O)C(=Cc2nc3ccccc3c(=O)n2CCc2ccccc2)c2ccccc21. The molecule has 1 aromatic heterocycles. The zero-order chi connectivity index (χ0) is 21.4. The highest BCUT2D eigenvalue weighted by atomic mass is 16.2.